The molecule has 2 rings (SSSR count). The highest BCUT2D eigenvalue weighted by atomic mass is 15.2. The van der Waals surface area contributed by atoms with E-state index in [4.69, 9.17) is 5.26 Å². The molecule has 5 heteroatoms. The van der Waals surface area contributed by atoms with Crippen LogP contribution >= 0.6 is 0 Å². The lowest BCUT2D eigenvalue weighted by Crippen LogP contribution is -2.02. The first kappa shape index (κ1) is 10.2. The molecule has 1 heterocycles. The molecule has 2 N–H and O–H groups in total. The number of benzene rings is 1. The number of nitriles is 1. The Morgan fingerprint density at radius 2 is 2.38 bits per heavy atom. The van der Waals surface area contributed by atoms with E-state index in [2.05, 4.69) is 26.6 Å². The van der Waals surface area contributed by atoms with Crippen LogP contribution in [-0.2, 0) is 6.54 Å². The van der Waals surface area contributed by atoms with Crippen LogP contribution in [0.3, 0.4) is 0 Å². The lowest BCUT2D eigenvalue weighted by molar-refractivity contribution is 0.953. The van der Waals surface area contributed by atoms with E-state index in [-0.39, 0.29) is 0 Å². The first-order valence-corrected chi connectivity index (χ1v) is 4.88. The zero-order valence-corrected chi connectivity index (χ0v) is 8.86. The minimum atomic E-state index is 0.590. The number of aryl methyl sites for hydroxylation is 1. The number of anilines is 1. The average molecular weight is 213 g/mol. The summed E-state index contributed by atoms with van der Waals surface area (Å²) in [5.41, 5.74) is 2.71. The normalized spacial score (nSPS) is 9.75. The van der Waals surface area contributed by atoms with Crippen LogP contribution in [0, 0.1) is 18.3 Å². The van der Waals surface area contributed by atoms with Crippen LogP contribution in [-0.4, -0.2) is 15.2 Å². The van der Waals surface area contributed by atoms with Gasteiger partial charge in [-0.1, -0.05) is 0 Å². The van der Waals surface area contributed by atoms with Gasteiger partial charge in [-0.05, 0) is 30.7 Å². The molecule has 0 aliphatic heterocycles. The first-order valence-electron chi connectivity index (χ1n) is 4.88. The minimum absolute atomic E-state index is 0.590. The Kier molecular flexibility index (Phi) is 2.83. The van der Waals surface area contributed by atoms with E-state index in [9.17, 15) is 0 Å². The molecule has 1 aromatic heterocycles. The second-order valence-corrected chi connectivity index (χ2v) is 3.43. The van der Waals surface area contributed by atoms with Crippen molar-refractivity contribution in [2.24, 2.45) is 0 Å². The van der Waals surface area contributed by atoms with Crippen molar-refractivity contribution in [1.29, 1.82) is 5.26 Å². The van der Waals surface area contributed by atoms with Crippen LogP contribution in [0.1, 0.15) is 17.0 Å². The zero-order chi connectivity index (χ0) is 11.4. The molecule has 0 aliphatic rings. The smallest absolute Gasteiger partial charge is 0.143 e. The highest BCUT2D eigenvalue weighted by Crippen LogP contribution is 2.16. The molecule has 0 radical (unpaired) electrons. The summed E-state index contributed by atoms with van der Waals surface area (Å²) < 4.78 is 0. The number of hydrogen-bond acceptors (Lipinski definition) is 4. The van der Waals surface area contributed by atoms with Gasteiger partial charge in [0.2, 0.25) is 0 Å². The van der Waals surface area contributed by atoms with E-state index in [0.717, 1.165) is 17.1 Å². The van der Waals surface area contributed by atoms with E-state index < -0.39 is 0 Å². The third kappa shape index (κ3) is 2.17. The fourth-order valence-electron chi connectivity index (χ4n) is 1.43. The molecule has 0 fully saturated rings. The molecule has 0 unspecified atom stereocenters. The predicted octanol–water partition coefficient (Wildman–Crippen LogP) is 1.60. The number of aromatic nitrogens is 3. The molecule has 16 heavy (non-hydrogen) atoms. The Balaban J connectivity index is 2.08. The monoisotopic (exact) mass is 213 g/mol. The lowest BCUT2D eigenvalue weighted by atomic mass is 10.1. The largest absolute Gasteiger partial charge is 0.378 e. The third-order valence-electron chi connectivity index (χ3n) is 2.27. The summed E-state index contributed by atoms with van der Waals surface area (Å²) in [5, 5.41) is 18.5. The maximum atomic E-state index is 8.74. The van der Waals surface area contributed by atoms with Crippen molar-refractivity contribution in [2.45, 2.75) is 13.5 Å². The van der Waals surface area contributed by atoms with Crippen molar-refractivity contribution in [3.05, 3.63) is 41.5 Å². The predicted molar refractivity (Wildman–Crippen MR) is 59.6 cm³/mol. The molecule has 0 bridgehead atoms. The summed E-state index contributed by atoms with van der Waals surface area (Å²) in [5.74, 6) is 0.781. The van der Waals surface area contributed by atoms with Gasteiger partial charge in [-0.25, -0.2) is 4.98 Å². The summed E-state index contributed by atoms with van der Waals surface area (Å²) in [4.78, 5) is 4.01. The van der Waals surface area contributed by atoms with E-state index in [1.54, 1.807) is 6.07 Å². The van der Waals surface area contributed by atoms with Crippen molar-refractivity contribution >= 4 is 5.69 Å². The van der Waals surface area contributed by atoms with Gasteiger partial charge in [0.15, 0.2) is 0 Å². The van der Waals surface area contributed by atoms with Crippen LogP contribution in [0.25, 0.3) is 0 Å². The standard InChI is InChI=1S/C11H11N5/c1-8-4-9(5-12)2-3-10(8)13-6-11-14-7-15-16-11/h2-4,7,13H,6H2,1H3,(H,14,15,16). The molecule has 0 amide bonds. The molecule has 80 valence electrons. The molecule has 1 aromatic carbocycles. The topological polar surface area (TPSA) is 77.4 Å². The van der Waals surface area contributed by atoms with E-state index in [1.807, 2.05) is 19.1 Å². The van der Waals surface area contributed by atoms with E-state index in [1.165, 1.54) is 6.33 Å². The average Bonchev–Trinajstić information content (AvgIpc) is 2.80. The SMILES string of the molecule is Cc1cc(C#N)ccc1NCc1ncn[nH]1. The van der Waals surface area contributed by atoms with Gasteiger partial charge in [0, 0.05) is 5.69 Å². The highest BCUT2D eigenvalue weighted by molar-refractivity contribution is 5.53. The molecule has 0 saturated carbocycles. The molecular formula is C11H11N5. The number of hydrogen-bond donors (Lipinski definition) is 2. The number of H-pyrrole nitrogens is 1. The van der Waals surface area contributed by atoms with Gasteiger partial charge >= 0.3 is 0 Å². The Labute approximate surface area is 93.1 Å². The zero-order valence-electron chi connectivity index (χ0n) is 8.86. The van der Waals surface area contributed by atoms with Gasteiger partial charge in [-0.3, -0.25) is 5.10 Å². The molecule has 0 spiro atoms. The van der Waals surface area contributed by atoms with Crippen molar-refractivity contribution < 1.29 is 0 Å². The molecule has 0 saturated heterocycles. The van der Waals surface area contributed by atoms with Gasteiger partial charge in [-0.15, -0.1) is 0 Å². The summed E-state index contributed by atoms with van der Waals surface area (Å²) in [7, 11) is 0. The second kappa shape index (κ2) is 4.45. The van der Waals surface area contributed by atoms with Crippen LogP contribution in [0.4, 0.5) is 5.69 Å². The van der Waals surface area contributed by atoms with Crippen molar-refractivity contribution in [2.75, 3.05) is 5.32 Å². The molecule has 5 nitrogen and oxygen atoms in total. The quantitative estimate of drug-likeness (QED) is 0.811. The summed E-state index contributed by atoms with van der Waals surface area (Å²) >= 11 is 0. The van der Waals surface area contributed by atoms with Gasteiger partial charge < -0.3 is 5.32 Å². The first-order chi connectivity index (χ1) is 7.79. The molecule has 0 atom stereocenters. The minimum Gasteiger partial charge on any atom is -0.378 e. The van der Waals surface area contributed by atoms with Crippen molar-refractivity contribution in [3.8, 4) is 6.07 Å². The maximum Gasteiger partial charge on any atom is 0.143 e. The lowest BCUT2D eigenvalue weighted by Gasteiger charge is -2.07. The molecular weight excluding hydrogens is 202 g/mol. The van der Waals surface area contributed by atoms with Crippen LogP contribution in [0.5, 0.6) is 0 Å². The van der Waals surface area contributed by atoms with E-state index in [0.29, 0.717) is 12.1 Å². The summed E-state index contributed by atoms with van der Waals surface area (Å²) in [6, 6.07) is 7.64. The summed E-state index contributed by atoms with van der Waals surface area (Å²) in [6.45, 7) is 2.55. The highest BCUT2D eigenvalue weighted by Gasteiger charge is 2.00. The Bertz CT molecular complexity index is 510. The van der Waals surface area contributed by atoms with Crippen LogP contribution in [0.2, 0.25) is 0 Å². The maximum absolute atomic E-state index is 8.74. The second-order valence-electron chi connectivity index (χ2n) is 3.43. The fourth-order valence-corrected chi connectivity index (χ4v) is 1.43. The van der Waals surface area contributed by atoms with Crippen LogP contribution in [0.15, 0.2) is 24.5 Å². The Hall–Kier alpha value is -2.35. The number of rotatable bonds is 3. The van der Waals surface area contributed by atoms with Crippen molar-refractivity contribution in [1.82, 2.24) is 15.2 Å². The third-order valence-corrected chi connectivity index (χ3v) is 2.27. The number of aromatic amines is 1. The van der Waals surface area contributed by atoms with Gasteiger partial charge in [0.05, 0.1) is 18.2 Å². The number of nitrogens with one attached hydrogen (secondary N) is 2. The molecule has 0 aliphatic carbocycles. The van der Waals surface area contributed by atoms with Crippen molar-refractivity contribution in [3.63, 3.8) is 0 Å². The van der Waals surface area contributed by atoms with Gasteiger partial charge in [0.25, 0.3) is 0 Å². The fraction of sp³-hybridized carbons (Fsp3) is 0.182. The van der Waals surface area contributed by atoms with Gasteiger partial charge in [0.1, 0.15) is 12.2 Å². The van der Waals surface area contributed by atoms with Gasteiger partial charge in [-0.2, -0.15) is 10.4 Å². The Morgan fingerprint density at radius 1 is 1.50 bits per heavy atom. The molecule has 2 aromatic rings. The summed E-state index contributed by atoms with van der Waals surface area (Å²) in [6.07, 6.45) is 1.47. The van der Waals surface area contributed by atoms with E-state index >= 15 is 0 Å². The Morgan fingerprint density at radius 3 is 3.00 bits per heavy atom. The number of nitrogens with zero attached hydrogens (tertiary/aromatic N) is 3. The van der Waals surface area contributed by atoms with Crippen LogP contribution < -0.4 is 5.32 Å².